The molecule has 0 radical (unpaired) electrons. The minimum atomic E-state index is -4.78. The van der Waals surface area contributed by atoms with Gasteiger partial charge in [0.15, 0.2) is 11.9 Å². The Bertz CT molecular complexity index is 864. The van der Waals surface area contributed by atoms with Crippen molar-refractivity contribution in [2.45, 2.75) is 43.9 Å². The summed E-state index contributed by atoms with van der Waals surface area (Å²) in [6.07, 6.45) is -5.39. The molecule has 1 aromatic rings. The number of sulfonamides is 1. The van der Waals surface area contributed by atoms with E-state index in [1.54, 1.807) is 0 Å². The highest BCUT2D eigenvalue weighted by molar-refractivity contribution is 7.89. The van der Waals surface area contributed by atoms with Crippen molar-refractivity contribution in [2.24, 2.45) is 5.92 Å². The quantitative estimate of drug-likeness (QED) is 0.655. The maximum absolute atomic E-state index is 13.0. The monoisotopic (exact) mass is 441 g/mol. The van der Waals surface area contributed by atoms with Gasteiger partial charge in [0.05, 0.1) is 21.4 Å². The first-order valence-electron chi connectivity index (χ1n) is 8.42. The molecule has 1 aromatic carbocycles. The Morgan fingerprint density at radius 2 is 1.82 bits per heavy atom. The molecule has 0 N–H and O–H groups in total. The minimum absolute atomic E-state index is 0.0550. The standard InChI is InChI=1S/C17H19ClF3NO5S/c1-10(23)11(2)27-16(24)12-5-7-22(8-6-12)28(25,26)13-3-4-15(18)14(9-13)17(19,20)21/h3-4,9,11-12H,5-8H2,1-2H3/t11-/m1/s1. The van der Waals surface area contributed by atoms with E-state index in [2.05, 4.69) is 0 Å². The van der Waals surface area contributed by atoms with E-state index in [9.17, 15) is 31.2 Å². The highest BCUT2D eigenvalue weighted by Gasteiger charge is 2.37. The molecule has 1 saturated heterocycles. The van der Waals surface area contributed by atoms with E-state index < -0.39 is 49.7 Å². The Kier molecular flexibility index (Phi) is 6.78. The zero-order chi connectivity index (χ0) is 21.3. The van der Waals surface area contributed by atoms with Crippen molar-refractivity contribution in [2.75, 3.05) is 13.1 Å². The van der Waals surface area contributed by atoms with Gasteiger partial charge in [-0.3, -0.25) is 9.59 Å². The lowest BCUT2D eigenvalue weighted by Crippen LogP contribution is -2.41. The van der Waals surface area contributed by atoms with Gasteiger partial charge in [-0.1, -0.05) is 11.6 Å². The summed E-state index contributed by atoms with van der Waals surface area (Å²) in [6, 6.07) is 2.42. The number of carbonyl (C=O) groups excluding carboxylic acids is 2. The molecule has 1 heterocycles. The Labute approximate surface area is 165 Å². The molecular formula is C17H19ClF3NO5S. The molecule has 156 valence electrons. The normalized spacial score (nSPS) is 17.9. The number of esters is 1. The summed E-state index contributed by atoms with van der Waals surface area (Å²) in [5, 5.41) is -0.590. The number of piperidine rings is 1. The first-order chi connectivity index (χ1) is 12.8. The molecular weight excluding hydrogens is 423 g/mol. The Balaban J connectivity index is 2.11. The van der Waals surface area contributed by atoms with Crippen LogP contribution < -0.4 is 0 Å². The number of benzene rings is 1. The Morgan fingerprint density at radius 3 is 2.32 bits per heavy atom. The molecule has 0 unspecified atom stereocenters. The Hall–Kier alpha value is -1.65. The van der Waals surface area contributed by atoms with Crippen LogP contribution in [0.15, 0.2) is 23.1 Å². The molecule has 1 aliphatic rings. The Morgan fingerprint density at radius 1 is 1.25 bits per heavy atom. The van der Waals surface area contributed by atoms with Crippen molar-refractivity contribution in [1.82, 2.24) is 4.31 Å². The molecule has 0 spiro atoms. The SMILES string of the molecule is CC(=O)[C@@H](C)OC(=O)C1CCN(S(=O)(=O)c2ccc(Cl)c(C(F)(F)F)c2)CC1. The number of nitrogens with zero attached hydrogens (tertiary/aromatic N) is 1. The fraction of sp³-hybridized carbons (Fsp3) is 0.529. The average molecular weight is 442 g/mol. The topological polar surface area (TPSA) is 80.8 Å². The van der Waals surface area contributed by atoms with Crippen molar-refractivity contribution < 1.29 is 35.9 Å². The maximum atomic E-state index is 13.0. The van der Waals surface area contributed by atoms with Crippen LogP contribution in [-0.4, -0.2) is 43.7 Å². The summed E-state index contributed by atoms with van der Waals surface area (Å²) in [5.41, 5.74) is -1.23. The van der Waals surface area contributed by atoms with E-state index in [1.165, 1.54) is 13.8 Å². The lowest BCUT2D eigenvalue weighted by Gasteiger charge is -2.30. The van der Waals surface area contributed by atoms with Crippen LogP contribution in [0.4, 0.5) is 13.2 Å². The average Bonchev–Trinajstić information content (AvgIpc) is 2.60. The molecule has 1 atom stereocenters. The van der Waals surface area contributed by atoms with Crippen molar-refractivity contribution in [3.8, 4) is 0 Å². The van der Waals surface area contributed by atoms with Gasteiger partial charge in [-0.25, -0.2) is 8.42 Å². The summed E-state index contributed by atoms with van der Waals surface area (Å²) in [6.45, 7) is 2.62. The van der Waals surface area contributed by atoms with E-state index >= 15 is 0 Å². The molecule has 2 rings (SSSR count). The maximum Gasteiger partial charge on any atom is 0.417 e. The second kappa shape index (κ2) is 8.38. The molecule has 1 fully saturated rings. The fourth-order valence-corrected chi connectivity index (χ4v) is 4.44. The summed E-state index contributed by atoms with van der Waals surface area (Å²) in [7, 11) is -4.18. The van der Waals surface area contributed by atoms with Crippen LogP contribution in [0.25, 0.3) is 0 Å². The smallest absolute Gasteiger partial charge is 0.417 e. The van der Waals surface area contributed by atoms with Crippen LogP contribution in [-0.2, 0) is 30.5 Å². The number of ether oxygens (including phenoxy) is 1. The number of hydrogen-bond acceptors (Lipinski definition) is 5. The first kappa shape index (κ1) is 22.6. The molecule has 28 heavy (non-hydrogen) atoms. The number of ketones is 1. The van der Waals surface area contributed by atoms with Crippen LogP contribution in [0.1, 0.15) is 32.3 Å². The van der Waals surface area contributed by atoms with E-state index in [0.717, 1.165) is 16.4 Å². The number of hydrogen-bond donors (Lipinski definition) is 0. The summed E-state index contributed by atoms with van der Waals surface area (Å²) < 4.78 is 70.4. The molecule has 11 heteroatoms. The van der Waals surface area contributed by atoms with Gasteiger partial charge in [0.1, 0.15) is 0 Å². The van der Waals surface area contributed by atoms with E-state index in [0.29, 0.717) is 6.07 Å². The lowest BCUT2D eigenvalue weighted by atomic mass is 9.98. The number of halogens is 4. The fourth-order valence-electron chi connectivity index (χ4n) is 2.72. The number of rotatable bonds is 5. The number of Topliss-reactive ketones (excluding diaryl/α,β-unsaturated/α-hetero) is 1. The van der Waals surface area contributed by atoms with Gasteiger partial charge >= 0.3 is 12.1 Å². The van der Waals surface area contributed by atoms with Crippen LogP contribution >= 0.6 is 11.6 Å². The molecule has 1 aliphatic heterocycles. The van der Waals surface area contributed by atoms with Gasteiger partial charge in [0.25, 0.3) is 0 Å². The zero-order valence-corrected chi connectivity index (χ0v) is 16.7. The van der Waals surface area contributed by atoms with Crippen molar-refractivity contribution in [1.29, 1.82) is 0 Å². The van der Waals surface area contributed by atoms with Crippen LogP contribution in [0.5, 0.6) is 0 Å². The molecule has 0 amide bonds. The number of carbonyl (C=O) groups is 2. The first-order valence-corrected chi connectivity index (χ1v) is 10.2. The number of alkyl halides is 3. The second-order valence-electron chi connectivity index (χ2n) is 6.51. The second-order valence-corrected chi connectivity index (χ2v) is 8.85. The van der Waals surface area contributed by atoms with Gasteiger partial charge in [0.2, 0.25) is 10.0 Å². The van der Waals surface area contributed by atoms with E-state index in [4.69, 9.17) is 16.3 Å². The third kappa shape index (κ3) is 5.03. The lowest BCUT2D eigenvalue weighted by molar-refractivity contribution is -0.158. The summed E-state index contributed by atoms with van der Waals surface area (Å²) >= 11 is 5.53. The third-order valence-electron chi connectivity index (χ3n) is 4.53. The molecule has 0 aliphatic carbocycles. The van der Waals surface area contributed by atoms with Crippen molar-refractivity contribution in [3.63, 3.8) is 0 Å². The van der Waals surface area contributed by atoms with Crippen LogP contribution in [0, 0.1) is 5.92 Å². The highest BCUT2D eigenvalue weighted by atomic mass is 35.5. The van der Waals surface area contributed by atoms with Crippen LogP contribution in [0.3, 0.4) is 0 Å². The van der Waals surface area contributed by atoms with Crippen molar-refractivity contribution in [3.05, 3.63) is 28.8 Å². The van der Waals surface area contributed by atoms with Gasteiger partial charge in [-0.2, -0.15) is 17.5 Å². The van der Waals surface area contributed by atoms with Crippen LogP contribution in [0.2, 0.25) is 5.02 Å². The summed E-state index contributed by atoms with van der Waals surface area (Å²) in [5.74, 6) is -1.48. The van der Waals surface area contributed by atoms with Gasteiger partial charge in [0, 0.05) is 13.1 Å². The van der Waals surface area contributed by atoms with Crippen molar-refractivity contribution >= 4 is 33.4 Å². The van der Waals surface area contributed by atoms with Gasteiger partial charge in [-0.15, -0.1) is 0 Å². The largest absolute Gasteiger partial charge is 0.454 e. The minimum Gasteiger partial charge on any atom is -0.454 e. The summed E-state index contributed by atoms with van der Waals surface area (Å²) in [4.78, 5) is 22.7. The molecule has 6 nitrogen and oxygen atoms in total. The predicted octanol–water partition coefficient (Wildman–Crippen LogP) is 3.28. The third-order valence-corrected chi connectivity index (χ3v) is 6.76. The van der Waals surface area contributed by atoms with Gasteiger partial charge < -0.3 is 4.74 Å². The van der Waals surface area contributed by atoms with E-state index in [-0.39, 0.29) is 31.7 Å². The predicted molar refractivity (Wildman–Crippen MR) is 94.2 cm³/mol. The molecule has 0 bridgehead atoms. The molecule has 0 aromatic heterocycles. The van der Waals surface area contributed by atoms with Gasteiger partial charge in [-0.05, 0) is 44.9 Å². The zero-order valence-electron chi connectivity index (χ0n) is 15.1. The van der Waals surface area contributed by atoms with E-state index in [1.807, 2.05) is 0 Å². The highest BCUT2D eigenvalue weighted by Crippen LogP contribution is 2.36. The molecule has 0 saturated carbocycles.